The molecule has 20 heavy (non-hydrogen) atoms. The summed E-state index contributed by atoms with van der Waals surface area (Å²) in [7, 11) is 0. The summed E-state index contributed by atoms with van der Waals surface area (Å²) in [4.78, 5) is 13.3. The summed E-state index contributed by atoms with van der Waals surface area (Å²) in [5, 5.41) is 2.91. The molecule has 1 aliphatic carbocycles. The van der Waals surface area contributed by atoms with Crippen LogP contribution in [0.4, 0.5) is 5.69 Å². The zero-order valence-corrected chi connectivity index (χ0v) is 12.9. The summed E-state index contributed by atoms with van der Waals surface area (Å²) in [6, 6.07) is 7.48. The third-order valence-electron chi connectivity index (χ3n) is 4.01. The van der Waals surface area contributed by atoms with Gasteiger partial charge in [0.15, 0.2) is 0 Å². The fourth-order valence-corrected chi connectivity index (χ4v) is 3.21. The third kappa shape index (κ3) is 4.53. The Labute approximate surface area is 125 Å². The molecule has 0 bridgehead atoms. The van der Waals surface area contributed by atoms with Crippen molar-refractivity contribution in [2.24, 2.45) is 11.7 Å². The van der Waals surface area contributed by atoms with E-state index in [-0.39, 0.29) is 5.91 Å². The molecule has 0 saturated heterocycles. The Morgan fingerprint density at radius 2 is 1.95 bits per heavy atom. The maximum Gasteiger partial charge on any atom is 0.241 e. The normalized spacial score (nSPS) is 17.7. The molecule has 2 rings (SSSR count). The number of amides is 1. The number of hydrogen-bond donors (Lipinski definition) is 2. The lowest BCUT2D eigenvalue weighted by Crippen LogP contribution is -2.37. The second kappa shape index (κ2) is 7.70. The molecule has 1 unspecified atom stereocenters. The fraction of sp³-hybridized carbons (Fsp3) is 0.562. The van der Waals surface area contributed by atoms with Gasteiger partial charge in [-0.15, -0.1) is 11.8 Å². The predicted molar refractivity (Wildman–Crippen MR) is 86.0 cm³/mol. The Hall–Kier alpha value is -1.00. The maximum absolute atomic E-state index is 12.1. The molecule has 1 aromatic rings. The Bertz CT molecular complexity index is 427. The van der Waals surface area contributed by atoms with E-state index in [2.05, 4.69) is 5.32 Å². The molecule has 3 N–H and O–H groups in total. The highest BCUT2D eigenvalue weighted by atomic mass is 32.2. The number of thioether (sulfide) groups is 1. The van der Waals surface area contributed by atoms with Crippen LogP contribution in [0.2, 0.25) is 0 Å². The zero-order valence-electron chi connectivity index (χ0n) is 12.1. The minimum Gasteiger partial charge on any atom is -0.325 e. The van der Waals surface area contributed by atoms with E-state index in [9.17, 15) is 4.79 Å². The minimum atomic E-state index is -0.390. The van der Waals surface area contributed by atoms with Gasteiger partial charge in [-0.05, 0) is 42.9 Å². The Balaban J connectivity index is 1.83. The highest BCUT2D eigenvalue weighted by molar-refractivity contribution is 7.98. The van der Waals surface area contributed by atoms with Crippen molar-refractivity contribution in [2.45, 2.75) is 49.5 Å². The smallest absolute Gasteiger partial charge is 0.241 e. The van der Waals surface area contributed by atoms with Gasteiger partial charge in [0.2, 0.25) is 5.91 Å². The average molecular weight is 292 g/mol. The number of hydrogen-bond acceptors (Lipinski definition) is 3. The monoisotopic (exact) mass is 292 g/mol. The molecule has 0 radical (unpaired) electrons. The van der Waals surface area contributed by atoms with Crippen LogP contribution < -0.4 is 11.1 Å². The van der Waals surface area contributed by atoms with Gasteiger partial charge in [-0.1, -0.05) is 32.1 Å². The van der Waals surface area contributed by atoms with E-state index in [0.717, 1.165) is 12.1 Å². The van der Waals surface area contributed by atoms with Crippen molar-refractivity contribution < 1.29 is 4.79 Å². The lowest BCUT2D eigenvalue weighted by atomic mass is 9.85. The van der Waals surface area contributed by atoms with Crippen LogP contribution in [0.25, 0.3) is 0 Å². The molecule has 1 saturated carbocycles. The summed E-state index contributed by atoms with van der Waals surface area (Å²) in [6.45, 7) is 0. The van der Waals surface area contributed by atoms with Crippen LogP contribution in [0.1, 0.15) is 38.5 Å². The molecule has 1 amide bonds. The standard InChI is InChI=1S/C16H24N2OS/c1-20-14-9-7-13(8-10-14)18-16(19)15(17)11-12-5-3-2-4-6-12/h7-10,12,15H,2-6,11,17H2,1H3,(H,18,19). The molecule has 4 heteroatoms. The number of benzene rings is 1. The lowest BCUT2D eigenvalue weighted by molar-refractivity contribution is -0.117. The van der Waals surface area contributed by atoms with E-state index in [0.29, 0.717) is 5.92 Å². The van der Waals surface area contributed by atoms with Gasteiger partial charge in [-0.25, -0.2) is 0 Å². The van der Waals surface area contributed by atoms with Gasteiger partial charge in [0.1, 0.15) is 0 Å². The molecule has 1 aliphatic rings. The summed E-state index contributed by atoms with van der Waals surface area (Å²) in [5.74, 6) is 0.566. The number of nitrogens with two attached hydrogens (primary N) is 1. The van der Waals surface area contributed by atoms with Crippen molar-refractivity contribution in [1.29, 1.82) is 0 Å². The van der Waals surface area contributed by atoms with Crippen LogP contribution in [-0.4, -0.2) is 18.2 Å². The SMILES string of the molecule is CSc1ccc(NC(=O)C(N)CC2CCCCC2)cc1. The average Bonchev–Trinajstić information content (AvgIpc) is 2.49. The summed E-state index contributed by atoms with van der Waals surface area (Å²) in [5.41, 5.74) is 6.86. The molecular formula is C16H24N2OS. The van der Waals surface area contributed by atoms with Crippen molar-refractivity contribution in [1.82, 2.24) is 0 Å². The Morgan fingerprint density at radius 1 is 1.30 bits per heavy atom. The third-order valence-corrected chi connectivity index (χ3v) is 4.75. The molecule has 1 atom stereocenters. The van der Waals surface area contributed by atoms with Gasteiger partial charge < -0.3 is 11.1 Å². The quantitative estimate of drug-likeness (QED) is 0.815. The number of carbonyl (C=O) groups is 1. The minimum absolute atomic E-state index is 0.0625. The second-order valence-electron chi connectivity index (χ2n) is 5.56. The molecule has 1 fully saturated rings. The van der Waals surface area contributed by atoms with Crippen LogP contribution in [0.5, 0.6) is 0 Å². The van der Waals surface area contributed by atoms with Crippen LogP contribution in [0.15, 0.2) is 29.2 Å². The van der Waals surface area contributed by atoms with Crippen LogP contribution in [0.3, 0.4) is 0 Å². The summed E-state index contributed by atoms with van der Waals surface area (Å²) < 4.78 is 0. The lowest BCUT2D eigenvalue weighted by Gasteiger charge is -2.24. The molecule has 0 heterocycles. The molecule has 3 nitrogen and oxygen atoms in total. The zero-order chi connectivity index (χ0) is 14.4. The van der Waals surface area contributed by atoms with Gasteiger partial charge in [0, 0.05) is 10.6 Å². The van der Waals surface area contributed by atoms with Gasteiger partial charge in [0.05, 0.1) is 6.04 Å². The van der Waals surface area contributed by atoms with Gasteiger partial charge in [-0.2, -0.15) is 0 Å². The second-order valence-corrected chi connectivity index (χ2v) is 6.44. The van der Waals surface area contributed by atoms with Crippen LogP contribution in [-0.2, 0) is 4.79 Å². The van der Waals surface area contributed by atoms with E-state index >= 15 is 0 Å². The van der Waals surface area contributed by atoms with Crippen molar-refractivity contribution in [3.63, 3.8) is 0 Å². The van der Waals surface area contributed by atoms with Gasteiger partial charge >= 0.3 is 0 Å². The largest absolute Gasteiger partial charge is 0.325 e. The van der Waals surface area contributed by atoms with Crippen molar-refractivity contribution in [3.05, 3.63) is 24.3 Å². The van der Waals surface area contributed by atoms with E-state index in [1.54, 1.807) is 11.8 Å². The number of rotatable bonds is 5. The van der Waals surface area contributed by atoms with E-state index in [1.165, 1.54) is 37.0 Å². The Kier molecular flexibility index (Phi) is 5.92. The number of anilines is 1. The molecule has 0 spiro atoms. The van der Waals surface area contributed by atoms with E-state index < -0.39 is 6.04 Å². The summed E-state index contributed by atoms with van der Waals surface area (Å²) in [6.07, 6.45) is 9.21. The molecular weight excluding hydrogens is 268 g/mol. The Morgan fingerprint density at radius 3 is 2.55 bits per heavy atom. The first-order valence-electron chi connectivity index (χ1n) is 7.39. The van der Waals surface area contributed by atoms with Crippen molar-refractivity contribution in [3.8, 4) is 0 Å². The first-order valence-corrected chi connectivity index (χ1v) is 8.62. The van der Waals surface area contributed by atoms with Crippen LogP contribution in [0, 0.1) is 5.92 Å². The maximum atomic E-state index is 12.1. The number of nitrogens with one attached hydrogen (secondary N) is 1. The highest BCUT2D eigenvalue weighted by Gasteiger charge is 2.21. The molecule has 110 valence electrons. The van der Waals surface area contributed by atoms with Crippen molar-refractivity contribution >= 4 is 23.4 Å². The first kappa shape index (κ1) is 15.4. The number of carbonyl (C=O) groups excluding carboxylic acids is 1. The van der Waals surface area contributed by atoms with E-state index in [4.69, 9.17) is 5.73 Å². The molecule has 0 aromatic heterocycles. The molecule has 1 aromatic carbocycles. The summed E-state index contributed by atoms with van der Waals surface area (Å²) >= 11 is 1.69. The highest BCUT2D eigenvalue weighted by Crippen LogP contribution is 2.27. The molecule has 0 aliphatic heterocycles. The van der Waals surface area contributed by atoms with Gasteiger partial charge in [0.25, 0.3) is 0 Å². The van der Waals surface area contributed by atoms with Gasteiger partial charge in [-0.3, -0.25) is 4.79 Å². The first-order chi connectivity index (χ1) is 9.69. The van der Waals surface area contributed by atoms with Crippen molar-refractivity contribution in [2.75, 3.05) is 11.6 Å². The topological polar surface area (TPSA) is 55.1 Å². The van der Waals surface area contributed by atoms with Crippen LogP contribution >= 0.6 is 11.8 Å². The predicted octanol–water partition coefficient (Wildman–Crippen LogP) is 3.64. The fourth-order valence-electron chi connectivity index (χ4n) is 2.80. The van der Waals surface area contributed by atoms with E-state index in [1.807, 2.05) is 30.5 Å².